The molecule has 4 heterocycles. The summed E-state index contributed by atoms with van der Waals surface area (Å²) in [5.41, 5.74) is 1.21. The number of hydrogen-bond donors (Lipinski definition) is 2. The number of amides is 2. The molecule has 0 radical (unpaired) electrons. The number of nitrogens with zero attached hydrogens (tertiary/aromatic N) is 2. The summed E-state index contributed by atoms with van der Waals surface area (Å²) in [5.74, 6) is 0.0534. The number of nitrogens with one attached hydrogen (secondary N) is 2. The van der Waals surface area contributed by atoms with Gasteiger partial charge in [-0.3, -0.25) is 14.7 Å². The van der Waals surface area contributed by atoms with E-state index in [1.54, 1.807) is 34.4 Å². The minimum atomic E-state index is -0.195. The summed E-state index contributed by atoms with van der Waals surface area (Å²) in [6, 6.07) is 9.10. The summed E-state index contributed by atoms with van der Waals surface area (Å²) in [6.07, 6.45) is 2.91. The van der Waals surface area contributed by atoms with Crippen molar-refractivity contribution in [2.45, 2.75) is 18.9 Å². The molecular weight excluding hydrogens is 352 g/mol. The van der Waals surface area contributed by atoms with Gasteiger partial charge in [0.2, 0.25) is 0 Å². The number of aromatic amines is 1. The first-order valence-corrected chi connectivity index (χ1v) is 9.31. The molecule has 3 aromatic rings. The highest BCUT2D eigenvalue weighted by Crippen LogP contribution is 2.23. The van der Waals surface area contributed by atoms with E-state index in [1.807, 2.05) is 17.5 Å². The fourth-order valence-electron chi connectivity index (χ4n) is 3.04. The van der Waals surface area contributed by atoms with Crippen LogP contribution in [0.4, 0.5) is 0 Å². The zero-order chi connectivity index (χ0) is 17.9. The number of likely N-dealkylation sites (tertiary alicyclic amines) is 1. The zero-order valence-corrected chi connectivity index (χ0v) is 14.8. The number of piperidine rings is 1. The first kappa shape index (κ1) is 16.6. The van der Waals surface area contributed by atoms with Crippen molar-refractivity contribution in [2.75, 3.05) is 13.1 Å². The zero-order valence-electron chi connectivity index (χ0n) is 14.0. The second-order valence-electron chi connectivity index (χ2n) is 6.16. The summed E-state index contributed by atoms with van der Waals surface area (Å²) < 4.78 is 5.16. The van der Waals surface area contributed by atoms with Gasteiger partial charge in [-0.05, 0) is 42.5 Å². The molecule has 0 saturated carbocycles. The van der Waals surface area contributed by atoms with Crippen molar-refractivity contribution < 1.29 is 14.0 Å². The maximum Gasteiger partial charge on any atom is 0.289 e. The highest BCUT2D eigenvalue weighted by molar-refractivity contribution is 7.13. The molecule has 1 fully saturated rings. The van der Waals surface area contributed by atoms with Crippen LogP contribution < -0.4 is 5.32 Å². The molecule has 0 atom stereocenters. The Morgan fingerprint density at radius 1 is 1.27 bits per heavy atom. The number of carbonyl (C=O) groups is 2. The maximum absolute atomic E-state index is 12.4. The van der Waals surface area contributed by atoms with Gasteiger partial charge in [-0.25, -0.2) is 0 Å². The second kappa shape index (κ2) is 7.17. The van der Waals surface area contributed by atoms with Crippen molar-refractivity contribution in [3.8, 4) is 10.6 Å². The van der Waals surface area contributed by atoms with Crippen LogP contribution in [0.1, 0.15) is 33.9 Å². The summed E-state index contributed by atoms with van der Waals surface area (Å²) >= 11 is 1.59. The average molecular weight is 370 g/mol. The molecule has 7 nitrogen and oxygen atoms in total. The van der Waals surface area contributed by atoms with Crippen LogP contribution >= 0.6 is 11.3 Å². The summed E-state index contributed by atoms with van der Waals surface area (Å²) in [5, 5.41) is 12.0. The van der Waals surface area contributed by atoms with Gasteiger partial charge in [-0.2, -0.15) is 5.10 Å². The van der Waals surface area contributed by atoms with E-state index >= 15 is 0 Å². The van der Waals surface area contributed by atoms with Crippen molar-refractivity contribution >= 4 is 23.2 Å². The molecule has 2 amide bonds. The third-order valence-electron chi connectivity index (χ3n) is 4.45. The fraction of sp³-hybridized carbons (Fsp3) is 0.278. The van der Waals surface area contributed by atoms with Crippen molar-refractivity contribution in [2.24, 2.45) is 0 Å². The van der Waals surface area contributed by atoms with E-state index in [4.69, 9.17) is 4.42 Å². The Morgan fingerprint density at radius 2 is 2.12 bits per heavy atom. The van der Waals surface area contributed by atoms with Crippen LogP contribution in [0.2, 0.25) is 0 Å². The Labute approximate surface area is 154 Å². The van der Waals surface area contributed by atoms with Crippen molar-refractivity contribution in [1.29, 1.82) is 0 Å². The van der Waals surface area contributed by atoms with E-state index in [0.717, 1.165) is 10.6 Å². The number of hydrogen-bond acceptors (Lipinski definition) is 5. The Morgan fingerprint density at radius 3 is 2.81 bits per heavy atom. The van der Waals surface area contributed by atoms with Crippen molar-refractivity contribution in [1.82, 2.24) is 20.4 Å². The van der Waals surface area contributed by atoms with Crippen molar-refractivity contribution in [3.63, 3.8) is 0 Å². The van der Waals surface area contributed by atoms with E-state index in [0.29, 0.717) is 37.4 Å². The number of H-pyrrole nitrogens is 1. The van der Waals surface area contributed by atoms with E-state index < -0.39 is 0 Å². The molecule has 2 N–H and O–H groups in total. The maximum atomic E-state index is 12.4. The van der Waals surface area contributed by atoms with Gasteiger partial charge in [-0.1, -0.05) is 6.07 Å². The minimum absolute atomic E-state index is 0.0324. The quantitative estimate of drug-likeness (QED) is 0.739. The number of rotatable bonds is 4. The molecule has 8 heteroatoms. The average Bonchev–Trinajstić information content (AvgIpc) is 3.43. The topological polar surface area (TPSA) is 91.2 Å². The predicted molar refractivity (Wildman–Crippen MR) is 97.0 cm³/mol. The smallest absolute Gasteiger partial charge is 0.289 e. The van der Waals surface area contributed by atoms with E-state index in [-0.39, 0.29) is 17.9 Å². The molecule has 0 aromatic carbocycles. The second-order valence-corrected chi connectivity index (χ2v) is 7.11. The first-order valence-electron chi connectivity index (χ1n) is 8.43. The van der Waals surface area contributed by atoms with Gasteiger partial charge in [0.1, 0.15) is 0 Å². The Kier molecular flexibility index (Phi) is 4.57. The molecule has 134 valence electrons. The van der Waals surface area contributed by atoms with Crippen LogP contribution in [0.5, 0.6) is 0 Å². The molecule has 0 bridgehead atoms. The fourth-order valence-corrected chi connectivity index (χ4v) is 3.73. The number of aromatic nitrogens is 2. The summed E-state index contributed by atoms with van der Waals surface area (Å²) in [4.78, 5) is 27.5. The molecule has 1 aliphatic heterocycles. The number of thiophene rings is 1. The lowest BCUT2D eigenvalue weighted by Gasteiger charge is -2.31. The number of carbonyl (C=O) groups excluding carboxylic acids is 2. The highest BCUT2D eigenvalue weighted by atomic mass is 32.1. The lowest BCUT2D eigenvalue weighted by atomic mass is 10.0. The first-order chi connectivity index (χ1) is 12.7. The lowest BCUT2D eigenvalue weighted by Crippen LogP contribution is -2.46. The standard InChI is InChI=1S/C18H18N4O3S/c23-17(14-11-13(20-21-14)16-4-2-10-26-16)19-12-5-7-22(8-6-12)18(24)15-3-1-9-25-15/h1-4,9-12H,5-8H2,(H,19,23)(H,20,21). The SMILES string of the molecule is O=C(NC1CCN(C(=O)c2ccco2)CC1)c1cc(-c2cccs2)[nH]n1. The molecule has 4 rings (SSSR count). The van der Waals surface area contributed by atoms with E-state index in [2.05, 4.69) is 15.5 Å². The Hall–Kier alpha value is -2.87. The third kappa shape index (κ3) is 3.41. The van der Waals surface area contributed by atoms with E-state index in [1.165, 1.54) is 6.26 Å². The van der Waals surface area contributed by atoms with E-state index in [9.17, 15) is 9.59 Å². The normalized spacial score (nSPS) is 15.2. The molecule has 3 aromatic heterocycles. The van der Waals surface area contributed by atoms with Crippen LogP contribution in [-0.2, 0) is 0 Å². The lowest BCUT2D eigenvalue weighted by molar-refractivity contribution is 0.0667. The molecule has 26 heavy (non-hydrogen) atoms. The van der Waals surface area contributed by atoms with Gasteiger partial charge in [0.15, 0.2) is 11.5 Å². The molecule has 0 spiro atoms. The van der Waals surface area contributed by atoms with Crippen LogP contribution in [0.25, 0.3) is 10.6 Å². The summed E-state index contributed by atoms with van der Waals surface area (Å²) in [6.45, 7) is 1.18. The van der Waals surface area contributed by atoms with Crippen LogP contribution in [0.15, 0.2) is 46.4 Å². The van der Waals surface area contributed by atoms with Crippen LogP contribution in [0, 0.1) is 0 Å². The van der Waals surface area contributed by atoms with Gasteiger partial charge in [0, 0.05) is 19.1 Å². The van der Waals surface area contributed by atoms with Crippen LogP contribution in [0.3, 0.4) is 0 Å². The molecule has 1 aliphatic rings. The molecule has 0 aliphatic carbocycles. The third-order valence-corrected chi connectivity index (χ3v) is 5.35. The summed E-state index contributed by atoms with van der Waals surface area (Å²) in [7, 11) is 0. The van der Waals surface area contributed by atoms with Gasteiger partial charge >= 0.3 is 0 Å². The van der Waals surface area contributed by atoms with Gasteiger partial charge in [0.25, 0.3) is 11.8 Å². The van der Waals surface area contributed by atoms with Gasteiger partial charge in [-0.15, -0.1) is 11.3 Å². The largest absolute Gasteiger partial charge is 0.459 e. The highest BCUT2D eigenvalue weighted by Gasteiger charge is 2.26. The van der Waals surface area contributed by atoms with Gasteiger partial charge < -0.3 is 14.6 Å². The number of furan rings is 1. The molecule has 0 unspecified atom stereocenters. The molecular formula is C18H18N4O3S. The minimum Gasteiger partial charge on any atom is -0.459 e. The van der Waals surface area contributed by atoms with Gasteiger partial charge in [0.05, 0.1) is 16.8 Å². The molecule has 1 saturated heterocycles. The van der Waals surface area contributed by atoms with Crippen molar-refractivity contribution in [3.05, 3.63) is 53.4 Å². The predicted octanol–water partition coefficient (Wildman–Crippen LogP) is 2.77. The Balaban J connectivity index is 1.31. The van der Waals surface area contributed by atoms with Crippen LogP contribution in [-0.4, -0.2) is 46.0 Å². The Bertz CT molecular complexity index is 878. The monoisotopic (exact) mass is 370 g/mol.